The molecule has 0 atom stereocenters. The first-order chi connectivity index (χ1) is 10.9. The van der Waals surface area contributed by atoms with Gasteiger partial charge in [0.25, 0.3) is 0 Å². The fourth-order valence-electron chi connectivity index (χ4n) is 2.09. The van der Waals surface area contributed by atoms with E-state index in [1.807, 2.05) is 0 Å². The molecule has 0 saturated heterocycles. The van der Waals surface area contributed by atoms with E-state index in [0.29, 0.717) is 16.9 Å². The number of ether oxygens (including phenoxy) is 1. The first-order valence-corrected chi connectivity index (χ1v) is 6.62. The van der Waals surface area contributed by atoms with Gasteiger partial charge in [0.15, 0.2) is 11.5 Å². The molecular formula is C15H7ClF3N3O. The minimum atomic E-state index is -4.82. The van der Waals surface area contributed by atoms with Gasteiger partial charge in [-0.05, 0) is 36.3 Å². The van der Waals surface area contributed by atoms with Crippen molar-refractivity contribution in [1.82, 2.24) is 14.5 Å². The van der Waals surface area contributed by atoms with Crippen molar-refractivity contribution in [1.29, 1.82) is 0 Å². The Bertz CT molecular complexity index is 928. The van der Waals surface area contributed by atoms with Crippen molar-refractivity contribution in [3.8, 4) is 23.8 Å². The van der Waals surface area contributed by atoms with Gasteiger partial charge in [-0.1, -0.05) is 11.6 Å². The molecule has 2 aromatic heterocycles. The number of pyridine rings is 1. The van der Waals surface area contributed by atoms with Gasteiger partial charge >= 0.3 is 6.36 Å². The topological polar surface area (TPSA) is 39.9 Å². The van der Waals surface area contributed by atoms with E-state index in [9.17, 15) is 13.2 Å². The van der Waals surface area contributed by atoms with Crippen LogP contribution in [0.1, 0.15) is 5.82 Å². The lowest BCUT2D eigenvalue weighted by molar-refractivity contribution is -0.274. The third-order valence-electron chi connectivity index (χ3n) is 2.94. The van der Waals surface area contributed by atoms with Crippen LogP contribution in [0.3, 0.4) is 0 Å². The van der Waals surface area contributed by atoms with Gasteiger partial charge in [0.05, 0.1) is 10.7 Å². The van der Waals surface area contributed by atoms with Crippen LogP contribution in [-0.2, 0) is 0 Å². The van der Waals surface area contributed by atoms with Gasteiger partial charge < -0.3 is 4.74 Å². The zero-order valence-electron chi connectivity index (χ0n) is 11.3. The molecule has 2 heterocycles. The number of fused-ring (bicyclic) bond motifs is 1. The SMILES string of the molecule is C#Cc1nc2cccnc2n1-c1ccc(OC(F)(F)F)c(Cl)c1. The van der Waals surface area contributed by atoms with Crippen LogP contribution in [0.25, 0.3) is 16.9 Å². The number of aromatic nitrogens is 3. The second-order valence-electron chi connectivity index (χ2n) is 4.42. The van der Waals surface area contributed by atoms with Gasteiger partial charge in [0.1, 0.15) is 11.3 Å². The number of halogens is 4. The van der Waals surface area contributed by atoms with Crippen LogP contribution in [0.15, 0.2) is 36.5 Å². The molecule has 0 saturated carbocycles. The fourth-order valence-corrected chi connectivity index (χ4v) is 2.30. The highest BCUT2D eigenvalue weighted by atomic mass is 35.5. The molecule has 0 bridgehead atoms. The predicted octanol–water partition coefficient (Wildman–Crippen LogP) is 3.95. The minimum absolute atomic E-state index is 0.208. The average molecular weight is 338 g/mol. The van der Waals surface area contributed by atoms with E-state index in [2.05, 4.69) is 20.6 Å². The molecule has 3 aromatic rings. The highest BCUT2D eigenvalue weighted by Crippen LogP contribution is 2.32. The summed E-state index contributed by atoms with van der Waals surface area (Å²) >= 11 is 5.87. The molecule has 4 nitrogen and oxygen atoms in total. The van der Waals surface area contributed by atoms with Crippen LogP contribution in [0.5, 0.6) is 5.75 Å². The monoisotopic (exact) mass is 337 g/mol. The molecule has 1 aromatic carbocycles. The van der Waals surface area contributed by atoms with Gasteiger partial charge in [-0.3, -0.25) is 4.57 Å². The minimum Gasteiger partial charge on any atom is -0.404 e. The lowest BCUT2D eigenvalue weighted by Gasteiger charge is -2.12. The van der Waals surface area contributed by atoms with E-state index in [0.717, 1.165) is 6.07 Å². The van der Waals surface area contributed by atoms with Gasteiger partial charge in [0, 0.05) is 6.20 Å². The normalized spacial score (nSPS) is 11.4. The van der Waals surface area contributed by atoms with Crippen molar-refractivity contribution in [3.63, 3.8) is 0 Å². The summed E-state index contributed by atoms with van der Waals surface area (Å²) in [6, 6.07) is 7.23. The van der Waals surface area contributed by atoms with Crippen molar-refractivity contribution in [2.24, 2.45) is 0 Å². The lowest BCUT2D eigenvalue weighted by Crippen LogP contribution is -2.17. The van der Waals surface area contributed by atoms with E-state index in [1.54, 1.807) is 18.3 Å². The number of benzene rings is 1. The number of rotatable bonds is 2. The second kappa shape index (κ2) is 5.48. The molecule has 0 aliphatic carbocycles. The van der Waals surface area contributed by atoms with Crippen LogP contribution in [0.2, 0.25) is 5.02 Å². The van der Waals surface area contributed by atoms with Crippen LogP contribution in [0.4, 0.5) is 13.2 Å². The Morgan fingerprint density at radius 2 is 2.04 bits per heavy atom. The largest absolute Gasteiger partial charge is 0.573 e. The Kier molecular flexibility index (Phi) is 3.62. The van der Waals surface area contributed by atoms with Gasteiger partial charge in [0.2, 0.25) is 0 Å². The van der Waals surface area contributed by atoms with E-state index in [4.69, 9.17) is 18.0 Å². The molecule has 0 aliphatic heterocycles. The van der Waals surface area contributed by atoms with E-state index >= 15 is 0 Å². The molecule has 0 radical (unpaired) electrons. The third-order valence-corrected chi connectivity index (χ3v) is 3.24. The van der Waals surface area contributed by atoms with Crippen LogP contribution in [-0.4, -0.2) is 20.9 Å². The molecule has 0 N–H and O–H groups in total. The average Bonchev–Trinajstić information content (AvgIpc) is 2.86. The molecule has 3 rings (SSSR count). The van der Waals surface area contributed by atoms with Crippen molar-refractivity contribution in [2.45, 2.75) is 6.36 Å². The van der Waals surface area contributed by atoms with Crippen LogP contribution >= 0.6 is 11.6 Å². The summed E-state index contributed by atoms with van der Waals surface area (Å²) in [7, 11) is 0. The summed E-state index contributed by atoms with van der Waals surface area (Å²) in [5.41, 5.74) is 1.46. The number of nitrogens with zero attached hydrogens (tertiary/aromatic N) is 3. The molecule has 8 heteroatoms. The van der Waals surface area contributed by atoms with E-state index in [1.165, 1.54) is 16.7 Å². The first kappa shape index (κ1) is 15.2. The zero-order valence-corrected chi connectivity index (χ0v) is 12.1. The third kappa shape index (κ3) is 2.94. The fraction of sp³-hybridized carbons (Fsp3) is 0.0667. The van der Waals surface area contributed by atoms with Crippen molar-refractivity contribution in [3.05, 3.63) is 47.4 Å². The van der Waals surface area contributed by atoms with Crippen LogP contribution < -0.4 is 4.74 Å². The maximum absolute atomic E-state index is 12.3. The highest BCUT2D eigenvalue weighted by Gasteiger charge is 2.32. The Balaban J connectivity index is 2.13. The quantitative estimate of drug-likeness (QED) is 0.665. The molecule has 0 fully saturated rings. The maximum Gasteiger partial charge on any atom is 0.573 e. The van der Waals surface area contributed by atoms with Gasteiger partial charge in [-0.15, -0.1) is 19.6 Å². The Hall–Kier alpha value is -2.72. The lowest BCUT2D eigenvalue weighted by atomic mass is 10.3. The predicted molar refractivity (Wildman–Crippen MR) is 78.5 cm³/mol. The highest BCUT2D eigenvalue weighted by molar-refractivity contribution is 6.32. The smallest absolute Gasteiger partial charge is 0.404 e. The first-order valence-electron chi connectivity index (χ1n) is 6.25. The molecule has 0 amide bonds. The molecule has 0 unspecified atom stereocenters. The summed E-state index contributed by atoms with van der Waals surface area (Å²) < 4.78 is 42.2. The number of hydrogen-bond acceptors (Lipinski definition) is 3. The maximum atomic E-state index is 12.3. The number of alkyl halides is 3. The molecular weight excluding hydrogens is 331 g/mol. The summed E-state index contributed by atoms with van der Waals surface area (Å²) in [5.74, 6) is 2.18. The number of imidazole rings is 1. The second-order valence-corrected chi connectivity index (χ2v) is 4.83. The molecule has 23 heavy (non-hydrogen) atoms. The van der Waals surface area contributed by atoms with E-state index in [-0.39, 0.29) is 10.8 Å². The zero-order chi connectivity index (χ0) is 16.6. The Morgan fingerprint density at radius 3 is 2.70 bits per heavy atom. The number of hydrogen-bond donors (Lipinski definition) is 0. The molecule has 0 spiro atoms. The van der Waals surface area contributed by atoms with Crippen molar-refractivity contribution < 1.29 is 17.9 Å². The van der Waals surface area contributed by atoms with Crippen LogP contribution in [0, 0.1) is 12.3 Å². The Morgan fingerprint density at radius 1 is 1.26 bits per heavy atom. The summed E-state index contributed by atoms with van der Waals surface area (Å²) in [6.45, 7) is 0. The van der Waals surface area contributed by atoms with Gasteiger partial charge in [-0.25, -0.2) is 9.97 Å². The van der Waals surface area contributed by atoms with Gasteiger partial charge in [-0.2, -0.15) is 0 Å². The summed E-state index contributed by atoms with van der Waals surface area (Å²) in [4.78, 5) is 8.42. The Labute approximate surface area is 133 Å². The van der Waals surface area contributed by atoms with Crippen molar-refractivity contribution >= 4 is 22.8 Å². The summed E-state index contributed by atoms with van der Waals surface area (Å²) in [5, 5.41) is -0.208. The summed E-state index contributed by atoms with van der Waals surface area (Å²) in [6.07, 6.45) is 2.17. The molecule has 0 aliphatic rings. The van der Waals surface area contributed by atoms with Crippen molar-refractivity contribution in [2.75, 3.05) is 0 Å². The standard InChI is InChI=1S/C15H7ClF3N3O/c1-2-13-21-11-4-3-7-20-14(11)22(13)9-5-6-12(10(16)8-9)23-15(17,18)19/h1,3-8H. The van der Waals surface area contributed by atoms with E-state index < -0.39 is 12.1 Å². The number of terminal acetylenes is 1. The molecule has 116 valence electrons.